The molecular weight excluding hydrogens is 493 g/mol. The minimum Gasteiger partial charge on any atom is -0.348 e. The number of carbonyl (C=O) groups excluding carboxylic acids is 1. The number of nitrogens with one attached hydrogen (secondary N) is 1. The zero-order valence-electron chi connectivity index (χ0n) is 18.0. The Hall–Kier alpha value is -2.87. The van der Waals surface area contributed by atoms with E-state index in [2.05, 4.69) is 5.32 Å². The van der Waals surface area contributed by atoms with Gasteiger partial charge in [-0.2, -0.15) is 5.10 Å². The number of amides is 1. The van der Waals surface area contributed by atoms with Crippen molar-refractivity contribution in [2.24, 2.45) is 0 Å². The molecule has 1 amide bonds. The number of halogens is 2. The minimum absolute atomic E-state index is 0.0217. The minimum atomic E-state index is -3.08. The fourth-order valence-electron chi connectivity index (χ4n) is 4.23. The molecule has 6 nitrogen and oxygen atoms in total. The molecule has 1 fully saturated rings. The molecule has 0 aliphatic carbocycles. The van der Waals surface area contributed by atoms with Crippen LogP contribution in [0.3, 0.4) is 0 Å². The Morgan fingerprint density at radius 1 is 1.06 bits per heavy atom. The van der Waals surface area contributed by atoms with E-state index in [0.717, 1.165) is 27.7 Å². The molecule has 0 spiro atoms. The average Bonchev–Trinajstić information content (AvgIpc) is 3.34. The molecule has 4 aromatic rings. The maximum atomic E-state index is 12.9. The summed E-state index contributed by atoms with van der Waals surface area (Å²) >= 11 is 12.5. The highest BCUT2D eigenvalue weighted by atomic mass is 35.5. The normalized spacial score (nSPS) is 17.2. The SMILES string of the molecule is O=C(NC1CCS(=O)(=O)C1)c1ccc2c(-c3ccccc3Cl)nn(Cc3ccc(Cl)cc3)c2c1. The Morgan fingerprint density at radius 2 is 1.82 bits per heavy atom. The van der Waals surface area contributed by atoms with E-state index in [1.807, 2.05) is 59.3 Å². The predicted octanol–water partition coefficient (Wildman–Crippen LogP) is 4.98. The third kappa shape index (κ3) is 4.69. The monoisotopic (exact) mass is 513 g/mol. The van der Waals surface area contributed by atoms with Crippen LogP contribution in [0, 0.1) is 0 Å². The van der Waals surface area contributed by atoms with Crippen molar-refractivity contribution in [3.8, 4) is 11.3 Å². The fraction of sp³-hybridized carbons (Fsp3) is 0.200. The summed E-state index contributed by atoms with van der Waals surface area (Å²) in [5, 5.41) is 9.81. The van der Waals surface area contributed by atoms with E-state index in [4.69, 9.17) is 28.3 Å². The van der Waals surface area contributed by atoms with Gasteiger partial charge in [0, 0.05) is 27.6 Å². The lowest BCUT2D eigenvalue weighted by Gasteiger charge is -2.11. The van der Waals surface area contributed by atoms with Crippen molar-refractivity contribution in [1.82, 2.24) is 15.1 Å². The van der Waals surface area contributed by atoms with Gasteiger partial charge in [-0.3, -0.25) is 9.48 Å². The highest BCUT2D eigenvalue weighted by molar-refractivity contribution is 7.91. The topological polar surface area (TPSA) is 81.1 Å². The van der Waals surface area contributed by atoms with E-state index in [1.165, 1.54) is 0 Å². The zero-order chi connectivity index (χ0) is 23.9. The number of benzene rings is 3. The number of carbonyl (C=O) groups is 1. The smallest absolute Gasteiger partial charge is 0.251 e. The molecule has 2 heterocycles. The lowest BCUT2D eigenvalue weighted by atomic mass is 10.1. The third-order valence-electron chi connectivity index (χ3n) is 5.96. The second-order valence-electron chi connectivity index (χ2n) is 8.42. The number of aromatic nitrogens is 2. The molecular formula is C25H21Cl2N3O3S. The Bertz CT molecular complexity index is 1500. The molecule has 1 atom stereocenters. The van der Waals surface area contributed by atoms with Crippen LogP contribution in [0.4, 0.5) is 0 Å². The van der Waals surface area contributed by atoms with Crippen LogP contribution in [-0.2, 0) is 16.4 Å². The standard InChI is InChI=1S/C25H21Cl2N3O3S/c26-18-8-5-16(6-9-18)14-30-23-13-17(25(31)28-19-11-12-34(32,33)15-19)7-10-21(23)24(29-30)20-3-1-2-4-22(20)27/h1-10,13,19H,11-12,14-15H2,(H,28,31). The van der Waals surface area contributed by atoms with Crippen LogP contribution in [0.1, 0.15) is 22.3 Å². The molecule has 0 radical (unpaired) electrons. The van der Waals surface area contributed by atoms with Crippen LogP contribution in [-0.4, -0.2) is 41.7 Å². The van der Waals surface area contributed by atoms with E-state index >= 15 is 0 Å². The summed E-state index contributed by atoms with van der Waals surface area (Å²) in [6.07, 6.45) is 0.432. The number of fused-ring (bicyclic) bond motifs is 1. The predicted molar refractivity (Wildman–Crippen MR) is 135 cm³/mol. The third-order valence-corrected chi connectivity index (χ3v) is 8.31. The van der Waals surface area contributed by atoms with E-state index < -0.39 is 9.84 Å². The van der Waals surface area contributed by atoms with Gasteiger partial charge in [0.05, 0.1) is 28.6 Å². The lowest BCUT2D eigenvalue weighted by Crippen LogP contribution is -2.35. The van der Waals surface area contributed by atoms with Gasteiger partial charge >= 0.3 is 0 Å². The Kier molecular flexibility index (Phi) is 6.10. The average molecular weight is 514 g/mol. The van der Waals surface area contributed by atoms with Crippen molar-refractivity contribution in [2.75, 3.05) is 11.5 Å². The van der Waals surface area contributed by atoms with Gasteiger partial charge in [0.15, 0.2) is 9.84 Å². The highest BCUT2D eigenvalue weighted by Gasteiger charge is 2.29. The van der Waals surface area contributed by atoms with Crippen molar-refractivity contribution in [3.05, 3.63) is 87.9 Å². The first-order chi connectivity index (χ1) is 16.3. The fourth-order valence-corrected chi connectivity index (χ4v) is 6.25. The molecule has 1 aromatic heterocycles. The molecule has 5 rings (SSSR count). The molecule has 34 heavy (non-hydrogen) atoms. The van der Waals surface area contributed by atoms with Crippen LogP contribution in [0.25, 0.3) is 22.2 Å². The molecule has 1 N–H and O–H groups in total. The first kappa shape index (κ1) is 22.9. The van der Waals surface area contributed by atoms with E-state index in [-0.39, 0.29) is 23.5 Å². The van der Waals surface area contributed by atoms with Gasteiger partial charge in [-0.15, -0.1) is 0 Å². The van der Waals surface area contributed by atoms with Gasteiger partial charge < -0.3 is 5.32 Å². The quantitative estimate of drug-likeness (QED) is 0.408. The van der Waals surface area contributed by atoms with E-state index in [9.17, 15) is 13.2 Å². The van der Waals surface area contributed by atoms with Gasteiger partial charge in [0.25, 0.3) is 5.91 Å². The molecule has 9 heteroatoms. The maximum Gasteiger partial charge on any atom is 0.251 e. The van der Waals surface area contributed by atoms with E-state index in [1.54, 1.807) is 12.1 Å². The lowest BCUT2D eigenvalue weighted by molar-refractivity contribution is 0.0941. The summed E-state index contributed by atoms with van der Waals surface area (Å²) in [6.45, 7) is 0.476. The number of hydrogen-bond acceptors (Lipinski definition) is 4. The van der Waals surface area contributed by atoms with Gasteiger partial charge in [-0.05, 0) is 48.4 Å². The van der Waals surface area contributed by atoms with Gasteiger partial charge in [-0.1, -0.05) is 53.5 Å². The second-order valence-corrected chi connectivity index (χ2v) is 11.5. The molecule has 3 aromatic carbocycles. The Labute approximate surface area is 207 Å². The number of nitrogens with zero attached hydrogens (tertiary/aromatic N) is 2. The maximum absolute atomic E-state index is 12.9. The summed E-state index contributed by atoms with van der Waals surface area (Å²) in [4.78, 5) is 12.9. The van der Waals surface area contributed by atoms with Crippen LogP contribution in [0.2, 0.25) is 10.0 Å². The van der Waals surface area contributed by atoms with Gasteiger partial charge in [-0.25, -0.2) is 8.42 Å². The Balaban J connectivity index is 1.55. The summed E-state index contributed by atoms with van der Waals surface area (Å²) in [7, 11) is -3.08. The van der Waals surface area contributed by atoms with Crippen molar-refractivity contribution < 1.29 is 13.2 Å². The summed E-state index contributed by atoms with van der Waals surface area (Å²) < 4.78 is 25.4. The Morgan fingerprint density at radius 3 is 2.53 bits per heavy atom. The van der Waals surface area contributed by atoms with Crippen LogP contribution in [0.5, 0.6) is 0 Å². The van der Waals surface area contributed by atoms with Crippen LogP contribution >= 0.6 is 23.2 Å². The molecule has 0 bridgehead atoms. The molecule has 1 saturated heterocycles. The molecule has 0 saturated carbocycles. The van der Waals surface area contributed by atoms with Crippen molar-refractivity contribution in [3.63, 3.8) is 0 Å². The van der Waals surface area contributed by atoms with Crippen molar-refractivity contribution >= 4 is 49.8 Å². The van der Waals surface area contributed by atoms with Crippen molar-refractivity contribution in [2.45, 2.75) is 19.0 Å². The number of rotatable bonds is 5. The molecule has 1 aliphatic heterocycles. The molecule has 174 valence electrons. The largest absolute Gasteiger partial charge is 0.348 e. The highest BCUT2D eigenvalue weighted by Crippen LogP contribution is 2.33. The summed E-state index contributed by atoms with van der Waals surface area (Å²) in [6, 6.07) is 20.0. The van der Waals surface area contributed by atoms with Gasteiger partial charge in [0.2, 0.25) is 0 Å². The summed E-state index contributed by atoms with van der Waals surface area (Å²) in [5.74, 6) is -0.222. The van der Waals surface area contributed by atoms with Crippen LogP contribution in [0.15, 0.2) is 66.7 Å². The first-order valence-electron chi connectivity index (χ1n) is 10.8. The second kappa shape index (κ2) is 9.06. The molecule has 1 aliphatic rings. The first-order valence-corrected chi connectivity index (χ1v) is 13.4. The van der Waals surface area contributed by atoms with Gasteiger partial charge in [0.1, 0.15) is 5.69 Å². The summed E-state index contributed by atoms with van der Waals surface area (Å²) in [5.41, 5.74) is 3.75. The number of hydrogen-bond donors (Lipinski definition) is 1. The molecule has 1 unspecified atom stereocenters. The van der Waals surface area contributed by atoms with Crippen molar-refractivity contribution in [1.29, 1.82) is 0 Å². The number of sulfone groups is 1. The van der Waals surface area contributed by atoms with E-state index in [0.29, 0.717) is 28.6 Å². The zero-order valence-corrected chi connectivity index (χ0v) is 20.4. The van der Waals surface area contributed by atoms with Crippen LogP contribution < -0.4 is 5.32 Å².